The molecule has 0 radical (unpaired) electrons. The van der Waals surface area contributed by atoms with Crippen LogP contribution in [0.2, 0.25) is 0 Å². The Morgan fingerprint density at radius 3 is 2.34 bits per heavy atom. The number of pyridine rings is 1. The summed E-state index contributed by atoms with van der Waals surface area (Å²) in [6, 6.07) is 16.8. The van der Waals surface area contributed by atoms with Gasteiger partial charge < -0.3 is 4.90 Å². The van der Waals surface area contributed by atoms with E-state index in [1.54, 1.807) is 0 Å². The molecule has 0 N–H and O–H groups in total. The molecule has 3 heterocycles. The summed E-state index contributed by atoms with van der Waals surface area (Å²) in [7, 11) is 2.32. The van der Waals surface area contributed by atoms with Crippen LogP contribution in [0.5, 0.6) is 0 Å². The average Bonchev–Trinajstić information content (AvgIpc) is 2.79. The zero-order valence-corrected chi connectivity index (χ0v) is 18.6. The van der Waals surface area contributed by atoms with Gasteiger partial charge in [0.05, 0.1) is 0 Å². The Morgan fingerprint density at radius 1 is 0.966 bits per heavy atom. The molecule has 1 aromatic heterocycles. The van der Waals surface area contributed by atoms with Gasteiger partial charge in [0, 0.05) is 31.0 Å². The molecule has 1 aromatic carbocycles. The van der Waals surface area contributed by atoms with Crippen molar-refractivity contribution in [3.63, 3.8) is 0 Å². The van der Waals surface area contributed by atoms with E-state index in [9.17, 15) is 0 Å². The first-order valence-corrected chi connectivity index (χ1v) is 12.4. The Balaban J connectivity index is 1.42. The van der Waals surface area contributed by atoms with Crippen LogP contribution in [0.1, 0.15) is 36.8 Å². The van der Waals surface area contributed by atoms with Crippen molar-refractivity contribution in [1.29, 1.82) is 0 Å². The van der Waals surface area contributed by atoms with Crippen molar-refractivity contribution >= 4 is 11.8 Å². The minimum absolute atomic E-state index is 0.592. The summed E-state index contributed by atoms with van der Waals surface area (Å²) < 4.78 is 0. The van der Waals surface area contributed by atoms with Gasteiger partial charge in [-0.1, -0.05) is 30.3 Å². The van der Waals surface area contributed by atoms with Crippen molar-refractivity contribution in [3.05, 3.63) is 66.0 Å². The van der Waals surface area contributed by atoms with E-state index >= 15 is 0 Å². The minimum Gasteiger partial charge on any atom is -0.300 e. The van der Waals surface area contributed by atoms with Gasteiger partial charge >= 0.3 is 0 Å². The van der Waals surface area contributed by atoms with Crippen molar-refractivity contribution in [2.45, 2.75) is 50.7 Å². The molecule has 0 amide bonds. The number of hydrogen-bond donors (Lipinski definition) is 0. The lowest BCUT2D eigenvalue weighted by Crippen LogP contribution is -2.48. The van der Waals surface area contributed by atoms with Crippen LogP contribution in [-0.2, 0) is 13.0 Å². The van der Waals surface area contributed by atoms with E-state index in [-0.39, 0.29) is 0 Å². The van der Waals surface area contributed by atoms with E-state index in [4.69, 9.17) is 0 Å². The largest absolute Gasteiger partial charge is 0.300 e. The SMILES string of the molecule is CN(Cc1ccncc1)[C@@H](Cc1ccccc1)C1CCN(C2CCSCC2)CC1. The predicted molar refractivity (Wildman–Crippen MR) is 124 cm³/mol. The summed E-state index contributed by atoms with van der Waals surface area (Å²) in [4.78, 5) is 9.58. The second kappa shape index (κ2) is 10.6. The van der Waals surface area contributed by atoms with Crippen LogP contribution in [0.4, 0.5) is 0 Å². The first-order valence-electron chi connectivity index (χ1n) is 11.2. The van der Waals surface area contributed by atoms with E-state index in [0.29, 0.717) is 6.04 Å². The third-order valence-corrected chi connectivity index (χ3v) is 7.91. The molecule has 0 aliphatic carbocycles. The Bertz CT molecular complexity index is 709. The van der Waals surface area contributed by atoms with E-state index in [2.05, 4.69) is 76.1 Å². The third kappa shape index (κ3) is 5.84. The Labute approximate surface area is 180 Å². The number of likely N-dealkylation sites (tertiary alicyclic amines) is 1. The molecule has 2 aliphatic rings. The Kier molecular flexibility index (Phi) is 7.64. The van der Waals surface area contributed by atoms with Gasteiger partial charge in [0.25, 0.3) is 0 Å². The fourth-order valence-electron chi connectivity index (χ4n) is 5.15. The maximum atomic E-state index is 4.18. The van der Waals surface area contributed by atoms with Crippen LogP contribution in [0.15, 0.2) is 54.9 Å². The molecular formula is C25H35N3S. The predicted octanol–water partition coefficient (Wildman–Crippen LogP) is 4.73. The third-order valence-electron chi connectivity index (χ3n) is 6.86. The summed E-state index contributed by atoms with van der Waals surface area (Å²) in [5, 5.41) is 0. The molecule has 1 atom stereocenters. The summed E-state index contributed by atoms with van der Waals surface area (Å²) in [6.07, 6.45) is 10.4. The molecule has 0 bridgehead atoms. The second-order valence-corrected chi connectivity index (χ2v) is 9.97. The summed E-state index contributed by atoms with van der Waals surface area (Å²) in [5.41, 5.74) is 2.82. The molecular weight excluding hydrogens is 374 g/mol. The van der Waals surface area contributed by atoms with Crippen LogP contribution in [0.3, 0.4) is 0 Å². The number of rotatable bonds is 7. The number of thioether (sulfide) groups is 1. The maximum Gasteiger partial charge on any atom is 0.0271 e. The number of nitrogens with zero attached hydrogens (tertiary/aromatic N) is 3. The monoisotopic (exact) mass is 409 g/mol. The van der Waals surface area contributed by atoms with Crippen molar-refractivity contribution in [1.82, 2.24) is 14.8 Å². The van der Waals surface area contributed by atoms with E-state index in [1.807, 2.05) is 12.4 Å². The van der Waals surface area contributed by atoms with Crippen LogP contribution < -0.4 is 0 Å². The lowest BCUT2D eigenvalue weighted by molar-refractivity contribution is 0.0743. The van der Waals surface area contributed by atoms with Crippen LogP contribution in [0, 0.1) is 5.92 Å². The quantitative estimate of drug-likeness (QED) is 0.658. The van der Waals surface area contributed by atoms with E-state index < -0.39 is 0 Å². The number of hydrogen-bond acceptors (Lipinski definition) is 4. The van der Waals surface area contributed by atoms with Gasteiger partial charge in [0.1, 0.15) is 0 Å². The Hall–Kier alpha value is -1.36. The summed E-state index contributed by atoms with van der Waals surface area (Å²) in [6.45, 7) is 3.57. The smallest absolute Gasteiger partial charge is 0.0271 e. The van der Waals surface area contributed by atoms with E-state index in [0.717, 1.165) is 24.9 Å². The molecule has 0 saturated carbocycles. The minimum atomic E-state index is 0.592. The average molecular weight is 410 g/mol. The topological polar surface area (TPSA) is 19.4 Å². The highest BCUT2D eigenvalue weighted by Gasteiger charge is 2.32. The molecule has 4 heteroatoms. The number of likely N-dealkylation sites (N-methyl/N-ethyl adjacent to an activating group) is 1. The van der Waals surface area contributed by atoms with Crippen LogP contribution in [-0.4, -0.2) is 58.5 Å². The molecule has 2 aliphatic heterocycles. The highest BCUT2D eigenvalue weighted by molar-refractivity contribution is 7.99. The normalized spacial score (nSPS) is 20.8. The molecule has 29 heavy (non-hydrogen) atoms. The van der Waals surface area contributed by atoms with Gasteiger partial charge in [-0.25, -0.2) is 0 Å². The van der Waals surface area contributed by atoms with Crippen molar-refractivity contribution < 1.29 is 0 Å². The maximum absolute atomic E-state index is 4.18. The van der Waals surface area contributed by atoms with Crippen molar-refractivity contribution in [2.24, 2.45) is 5.92 Å². The van der Waals surface area contributed by atoms with Gasteiger partial charge in [0.2, 0.25) is 0 Å². The van der Waals surface area contributed by atoms with Gasteiger partial charge in [-0.15, -0.1) is 0 Å². The number of benzene rings is 1. The zero-order chi connectivity index (χ0) is 19.9. The van der Waals surface area contributed by atoms with Gasteiger partial charge in [-0.3, -0.25) is 9.88 Å². The van der Waals surface area contributed by atoms with Crippen molar-refractivity contribution in [2.75, 3.05) is 31.6 Å². The van der Waals surface area contributed by atoms with Gasteiger partial charge in [0.15, 0.2) is 0 Å². The summed E-state index contributed by atoms with van der Waals surface area (Å²) >= 11 is 2.14. The molecule has 0 unspecified atom stereocenters. The highest BCUT2D eigenvalue weighted by atomic mass is 32.2. The van der Waals surface area contributed by atoms with Gasteiger partial charge in [-0.2, -0.15) is 11.8 Å². The first-order chi connectivity index (χ1) is 14.3. The number of piperidine rings is 1. The fraction of sp³-hybridized carbons (Fsp3) is 0.560. The lowest BCUT2D eigenvalue weighted by Gasteiger charge is -2.43. The summed E-state index contributed by atoms with van der Waals surface area (Å²) in [5.74, 6) is 3.49. The second-order valence-electron chi connectivity index (χ2n) is 8.74. The van der Waals surface area contributed by atoms with Crippen molar-refractivity contribution in [3.8, 4) is 0 Å². The lowest BCUT2D eigenvalue weighted by atomic mass is 9.84. The Morgan fingerprint density at radius 2 is 1.66 bits per heavy atom. The molecule has 0 spiro atoms. The highest BCUT2D eigenvalue weighted by Crippen LogP contribution is 2.30. The van der Waals surface area contributed by atoms with E-state index in [1.165, 1.54) is 61.4 Å². The van der Waals surface area contributed by atoms with Crippen LogP contribution >= 0.6 is 11.8 Å². The molecule has 4 rings (SSSR count). The molecule has 3 nitrogen and oxygen atoms in total. The van der Waals surface area contributed by atoms with Gasteiger partial charge in [-0.05, 0) is 92.9 Å². The zero-order valence-electron chi connectivity index (χ0n) is 17.7. The first kappa shape index (κ1) is 20.9. The standard InChI is InChI=1S/C25H35N3S/c1-27(20-22-7-13-26-14-8-22)25(19-21-5-3-2-4-6-21)23-9-15-28(16-10-23)24-11-17-29-18-12-24/h2-8,13-14,23-25H,9-12,15-20H2,1H3/t25-/m0/s1. The molecule has 156 valence electrons. The molecule has 2 fully saturated rings. The van der Waals surface area contributed by atoms with Crippen LogP contribution in [0.25, 0.3) is 0 Å². The molecule has 2 aromatic rings. The fourth-order valence-corrected chi connectivity index (χ4v) is 6.23. The number of aromatic nitrogens is 1. The molecule has 2 saturated heterocycles.